The zero-order valence-electron chi connectivity index (χ0n) is 9.74. The van der Waals surface area contributed by atoms with Crippen molar-refractivity contribution in [2.75, 3.05) is 19.8 Å². The lowest BCUT2D eigenvalue weighted by atomic mass is 10.5. The second kappa shape index (κ2) is 7.29. The molecule has 1 aromatic rings. The molecule has 0 aliphatic carbocycles. The highest BCUT2D eigenvalue weighted by molar-refractivity contribution is 9.10. The van der Waals surface area contributed by atoms with Crippen molar-refractivity contribution in [3.05, 3.63) is 16.5 Å². The maximum Gasteiger partial charge on any atom is 0.261 e. The van der Waals surface area contributed by atoms with Gasteiger partial charge in [0.15, 0.2) is 4.67 Å². The minimum atomic E-state index is -3.79. The van der Waals surface area contributed by atoms with E-state index in [-0.39, 0.29) is 29.3 Å². The molecular weight excluding hydrogens is 350 g/mol. The van der Waals surface area contributed by atoms with Crippen LogP contribution < -0.4 is 10.5 Å². The highest BCUT2D eigenvalue weighted by atomic mass is 79.9. The molecule has 0 fully saturated rings. The summed E-state index contributed by atoms with van der Waals surface area (Å²) in [5, 5.41) is 0. The highest BCUT2D eigenvalue weighted by Crippen LogP contribution is 2.25. The Labute approximate surface area is 117 Å². The maximum atomic E-state index is 11.8. The molecule has 110 valence electrons. The molecule has 3 N–H and O–H groups in total. The van der Waals surface area contributed by atoms with Crippen LogP contribution in [0.25, 0.3) is 0 Å². The minimum absolute atomic E-state index is 0.0361. The van der Waals surface area contributed by atoms with Crippen molar-refractivity contribution in [2.24, 2.45) is 5.73 Å². The van der Waals surface area contributed by atoms with Crippen molar-refractivity contribution in [1.29, 1.82) is 0 Å². The van der Waals surface area contributed by atoms with E-state index < -0.39 is 23.1 Å². The van der Waals surface area contributed by atoms with Crippen LogP contribution in [-0.4, -0.2) is 34.6 Å². The first-order chi connectivity index (χ1) is 8.86. The number of furan rings is 1. The van der Waals surface area contributed by atoms with Crippen molar-refractivity contribution in [3.63, 3.8) is 0 Å². The number of nitrogens with two attached hydrogens (primary N) is 1. The molecule has 0 bridgehead atoms. The topological polar surface area (TPSA) is 94.6 Å². The van der Waals surface area contributed by atoms with E-state index in [0.717, 1.165) is 0 Å². The predicted octanol–water partition coefficient (Wildman–Crippen LogP) is 1.06. The first-order valence-electron chi connectivity index (χ1n) is 5.20. The van der Waals surface area contributed by atoms with E-state index in [1.54, 1.807) is 0 Å². The number of alkyl halides is 2. The summed E-state index contributed by atoms with van der Waals surface area (Å²) in [5.74, 6) is 0.307. The molecule has 0 aliphatic rings. The number of rotatable bonds is 8. The first-order valence-corrected chi connectivity index (χ1v) is 7.48. The second-order valence-electron chi connectivity index (χ2n) is 3.42. The van der Waals surface area contributed by atoms with E-state index in [1.165, 1.54) is 6.07 Å². The van der Waals surface area contributed by atoms with Crippen molar-refractivity contribution < 1.29 is 26.4 Å². The van der Waals surface area contributed by atoms with Gasteiger partial charge in [-0.2, -0.15) is 0 Å². The van der Waals surface area contributed by atoms with E-state index in [2.05, 4.69) is 25.4 Å². The average Bonchev–Trinajstić information content (AvgIpc) is 2.70. The van der Waals surface area contributed by atoms with Gasteiger partial charge in [0.2, 0.25) is 10.0 Å². The van der Waals surface area contributed by atoms with Gasteiger partial charge in [-0.3, -0.25) is 0 Å². The van der Waals surface area contributed by atoms with Crippen LogP contribution in [0.1, 0.15) is 5.76 Å². The number of hydrogen-bond donors (Lipinski definition) is 2. The largest absolute Gasteiger partial charge is 0.452 e. The van der Waals surface area contributed by atoms with E-state index in [9.17, 15) is 17.2 Å². The quantitative estimate of drug-likeness (QED) is 0.674. The molecule has 0 unspecified atom stereocenters. The molecule has 0 aromatic carbocycles. The number of nitrogens with one attached hydrogen (secondary N) is 1. The molecule has 1 rings (SSSR count). The Kier molecular flexibility index (Phi) is 6.33. The van der Waals surface area contributed by atoms with Crippen LogP contribution in [0.2, 0.25) is 0 Å². The summed E-state index contributed by atoms with van der Waals surface area (Å²) in [4.78, 5) is -0.0955. The number of ether oxygens (including phenoxy) is 1. The van der Waals surface area contributed by atoms with Gasteiger partial charge in [-0.25, -0.2) is 21.9 Å². The first kappa shape index (κ1) is 16.5. The molecule has 0 amide bonds. The third kappa shape index (κ3) is 5.15. The second-order valence-corrected chi connectivity index (χ2v) is 5.87. The summed E-state index contributed by atoms with van der Waals surface area (Å²) in [6.45, 7) is -0.937. The van der Waals surface area contributed by atoms with Gasteiger partial charge in [0.1, 0.15) is 17.3 Å². The predicted molar refractivity (Wildman–Crippen MR) is 66.3 cm³/mol. The zero-order chi connectivity index (χ0) is 14.5. The summed E-state index contributed by atoms with van der Waals surface area (Å²) in [7, 11) is -3.79. The Morgan fingerprint density at radius 2 is 2.21 bits per heavy atom. The number of halogens is 3. The molecular formula is C9H13BrF2N2O4S. The fourth-order valence-corrected chi connectivity index (χ4v) is 3.19. The normalized spacial score (nSPS) is 12.3. The third-order valence-corrected chi connectivity index (χ3v) is 4.30. The van der Waals surface area contributed by atoms with Gasteiger partial charge in [0.05, 0.1) is 13.2 Å². The standard InChI is InChI=1S/C9H13BrF2N2O4S/c10-9-7(3-6(4-13)18-9)19(15,16)14-1-2-17-5-8(11)12/h3,8,14H,1-2,4-5,13H2. The Balaban J connectivity index is 2.53. The van der Waals surface area contributed by atoms with Gasteiger partial charge >= 0.3 is 0 Å². The van der Waals surface area contributed by atoms with Crippen molar-refractivity contribution >= 4 is 26.0 Å². The van der Waals surface area contributed by atoms with Crippen LogP contribution in [0.15, 0.2) is 20.0 Å². The van der Waals surface area contributed by atoms with Crippen LogP contribution >= 0.6 is 15.9 Å². The highest BCUT2D eigenvalue weighted by Gasteiger charge is 2.21. The molecule has 10 heteroatoms. The number of sulfonamides is 1. The molecule has 0 aliphatic heterocycles. The lowest BCUT2D eigenvalue weighted by Gasteiger charge is -2.06. The minimum Gasteiger partial charge on any atom is -0.452 e. The molecule has 0 spiro atoms. The fraction of sp³-hybridized carbons (Fsp3) is 0.556. The Morgan fingerprint density at radius 1 is 1.53 bits per heavy atom. The lowest BCUT2D eigenvalue weighted by molar-refractivity contribution is 0.0199. The van der Waals surface area contributed by atoms with Crippen LogP contribution in [0.4, 0.5) is 8.78 Å². The van der Waals surface area contributed by atoms with E-state index in [4.69, 9.17) is 10.2 Å². The van der Waals surface area contributed by atoms with E-state index in [0.29, 0.717) is 5.76 Å². The summed E-state index contributed by atoms with van der Waals surface area (Å²) in [6.07, 6.45) is -2.58. The van der Waals surface area contributed by atoms with Crippen LogP contribution in [-0.2, 0) is 21.3 Å². The van der Waals surface area contributed by atoms with Gasteiger partial charge in [-0.1, -0.05) is 0 Å². The Morgan fingerprint density at radius 3 is 2.74 bits per heavy atom. The summed E-state index contributed by atoms with van der Waals surface area (Å²) < 4.78 is 59.0. The molecule has 0 atom stereocenters. The van der Waals surface area contributed by atoms with Crippen molar-refractivity contribution in [2.45, 2.75) is 17.9 Å². The summed E-state index contributed by atoms with van der Waals surface area (Å²) >= 11 is 2.96. The summed E-state index contributed by atoms with van der Waals surface area (Å²) in [5.41, 5.74) is 5.32. The maximum absolute atomic E-state index is 11.8. The van der Waals surface area contributed by atoms with Gasteiger partial charge < -0.3 is 14.9 Å². The van der Waals surface area contributed by atoms with Crippen molar-refractivity contribution in [3.8, 4) is 0 Å². The lowest BCUT2D eigenvalue weighted by Crippen LogP contribution is -2.28. The smallest absolute Gasteiger partial charge is 0.261 e. The van der Waals surface area contributed by atoms with Crippen molar-refractivity contribution in [1.82, 2.24) is 4.72 Å². The molecule has 0 saturated heterocycles. The third-order valence-electron chi connectivity index (χ3n) is 1.98. The number of hydrogen-bond acceptors (Lipinski definition) is 5. The molecule has 0 radical (unpaired) electrons. The van der Waals surface area contributed by atoms with E-state index >= 15 is 0 Å². The van der Waals surface area contributed by atoms with Crippen LogP contribution in [0, 0.1) is 0 Å². The monoisotopic (exact) mass is 362 g/mol. The SMILES string of the molecule is NCc1cc(S(=O)(=O)NCCOCC(F)F)c(Br)o1. The van der Waals surface area contributed by atoms with Crippen LogP contribution in [0.5, 0.6) is 0 Å². The summed E-state index contributed by atoms with van der Waals surface area (Å²) in [6, 6.07) is 1.28. The Bertz CT molecular complexity index is 506. The Hall–Kier alpha value is -0.550. The van der Waals surface area contributed by atoms with Gasteiger partial charge in [-0.15, -0.1) is 0 Å². The van der Waals surface area contributed by atoms with Gasteiger partial charge in [-0.05, 0) is 15.9 Å². The van der Waals surface area contributed by atoms with Gasteiger partial charge in [0.25, 0.3) is 6.43 Å². The van der Waals surface area contributed by atoms with Crippen LogP contribution in [0.3, 0.4) is 0 Å². The molecule has 19 heavy (non-hydrogen) atoms. The molecule has 1 heterocycles. The van der Waals surface area contributed by atoms with Gasteiger partial charge in [0, 0.05) is 12.6 Å². The molecule has 1 aromatic heterocycles. The van der Waals surface area contributed by atoms with E-state index in [1.807, 2.05) is 0 Å². The fourth-order valence-electron chi connectivity index (χ4n) is 1.18. The zero-order valence-corrected chi connectivity index (χ0v) is 12.1. The average molecular weight is 363 g/mol. The molecule has 6 nitrogen and oxygen atoms in total. The molecule has 0 saturated carbocycles.